The van der Waals surface area contributed by atoms with Gasteiger partial charge < -0.3 is 15.1 Å². The highest BCUT2D eigenvalue weighted by Crippen LogP contribution is 2.12. The second-order valence-corrected chi connectivity index (χ2v) is 7.68. The van der Waals surface area contributed by atoms with Crippen LogP contribution in [0.5, 0.6) is 0 Å². The smallest absolute Gasteiger partial charge is 0.278 e. The van der Waals surface area contributed by atoms with E-state index in [4.69, 9.17) is 0 Å². The summed E-state index contributed by atoms with van der Waals surface area (Å²) >= 11 is 0. The van der Waals surface area contributed by atoms with Gasteiger partial charge in [0, 0.05) is 5.56 Å². The molecule has 150 valence electrons. The highest BCUT2D eigenvalue weighted by atomic mass is 19.1. The Labute approximate surface area is 165 Å². The molecule has 1 aliphatic heterocycles. The van der Waals surface area contributed by atoms with Crippen LogP contribution in [0.4, 0.5) is 8.78 Å². The van der Waals surface area contributed by atoms with Crippen LogP contribution in [0.1, 0.15) is 31.0 Å². The average Bonchev–Trinajstić information content (AvgIpc) is 2.70. The first-order valence-corrected chi connectivity index (χ1v) is 9.91. The Morgan fingerprint density at radius 3 is 2.29 bits per heavy atom. The van der Waals surface area contributed by atoms with Crippen LogP contribution in [-0.4, -0.2) is 38.1 Å². The van der Waals surface area contributed by atoms with Gasteiger partial charge in [0.25, 0.3) is 5.91 Å². The molecule has 1 fully saturated rings. The first-order valence-electron chi connectivity index (χ1n) is 9.91. The van der Waals surface area contributed by atoms with Gasteiger partial charge in [-0.15, -0.1) is 0 Å². The Morgan fingerprint density at radius 2 is 1.64 bits per heavy atom. The maximum Gasteiger partial charge on any atom is 0.278 e. The summed E-state index contributed by atoms with van der Waals surface area (Å²) in [5, 5.41) is 3.03. The van der Waals surface area contributed by atoms with E-state index in [2.05, 4.69) is 5.32 Å². The number of hydrogen-bond acceptors (Lipinski definition) is 1. The molecule has 0 saturated carbocycles. The van der Waals surface area contributed by atoms with Crippen molar-refractivity contribution in [3.63, 3.8) is 0 Å². The molecule has 2 aromatic carbocycles. The molecule has 1 amide bonds. The lowest BCUT2D eigenvalue weighted by atomic mass is 10.1. The van der Waals surface area contributed by atoms with E-state index in [0.717, 1.165) is 37.3 Å². The van der Waals surface area contributed by atoms with E-state index in [0.29, 0.717) is 6.54 Å². The molecule has 6 heteroatoms. The molecule has 1 saturated heterocycles. The molecular weight excluding hydrogens is 360 g/mol. The monoisotopic (exact) mass is 389 g/mol. The van der Waals surface area contributed by atoms with Crippen LogP contribution >= 0.6 is 0 Å². The van der Waals surface area contributed by atoms with Crippen LogP contribution in [0.2, 0.25) is 0 Å². The number of benzene rings is 2. The zero-order valence-electron chi connectivity index (χ0n) is 16.5. The van der Waals surface area contributed by atoms with Gasteiger partial charge in [-0.2, -0.15) is 0 Å². The van der Waals surface area contributed by atoms with Crippen LogP contribution in [-0.2, 0) is 11.3 Å². The molecule has 3 N–H and O–H groups in total. The zero-order chi connectivity index (χ0) is 20.1. The predicted octanol–water partition coefficient (Wildman–Crippen LogP) is 0.514. The fraction of sp³-hybridized carbons (Fsp3) is 0.409. The van der Waals surface area contributed by atoms with Gasteiger partial charge in [-0.3, -0.25) is 4.79 Å². The Balaban J connectivity index is 1.48. The fourth-order valence-electron chi connectivity index (χ4n) is 3.80. The molecular formula is C22H29F2N3O+2. The first-order chi connectivity index (χ1) is 13.4. The van der Waals surface area contributed by atoms with E-state index in [1.54, 1.807) is 18.2 Å². The summed E-state index contributed by atoms with van der Waals surface area (Å²) < 4.78 is 26.9. The third kappa shape index (κ3) is 5.14. The summed E-state index contributed by atoms with van der Waals surface area (Å²) in [7, 11) is 0. The third-order valence-electron chi connectivity index (χ3n) is 5.73. The van der Waals surface area contributed by atoms with Gasteiger partial charge in [-0.1, -0.05) is 30.3 Å². The van der Waals surface area contributed by atoms with Gasteiger partial charge in [0.05, 0.1) is 6.04 Å². The van der Waals surface area contributed by atoms with Gasteiger partial charge in [0.1, 0.15) is 44.4 Å². The number of halogens is 2. The summed E-state index contributed by atoms with van der Waals surface area (Å²) in [4.78, 5) is 15.2. The van der Waals surface area contributed by atoms with E-state index >= 15 is 0 Å². The summed E-state index contributed by atoms with van der Waals surface area (Å²) in [6, 6.07) is 12.8. The lowest BCUT2D eigenvalue weighted by Gasteiger charge is -2.33. The van der Waals surface area contributed by atoms with Crippen molar-refractivity contribution in [2.45, 2.75) is 32.5 Å². The van der Waals surface area contributed by atoms with Crippen LogP contribution < -0.4 is 15.1 Å². The van der Waals surface area contributed by atoms with Crippen molar-refractivity contribution in [2.24, 2.45) is 0 Å². The molecule has 2 atom stereocenters. The van der Waals surface area contributed by atoms with Crippen molar-refractivity contribution in [1.82, 2.24) is 5.32 Å². The van der Waals surface area contributed by atoms with Crippen LogP contribution in [0.25, 0.3) is 0 Å². The van der Waals surface area contributed by atoms with E-state index in [1.807, 2.05) is 26.0 Å². The quantitative estimate of drug-likeness (QED) is 0.662. The standard InChI is InChI=1S/C22H27F2N3O/c1-16(18-7-9-20(23)10-8-18)25-22(28)17(2)27-13-11-26(12-14-27)15-19-5-3-4-6-21(19)24/h3-10,16-17H,11-15H2,1-2H3,(H,25,28)/p+2/t16-,17+/m0/s1. The summed E-state index contributed by atoms with van der Waals surface area (Å²) in [5.41, 5.74) is 1.64. The minimum Gasteiger partial charge on any atom is -0.344 e. The van der Waals surface area contributed by atoms with E-state index in [-0.39, 0.29) is 29.6 Å². The van der Waals surface area contributed by atoms with Crippen LogP contribution in [0, 0.1) is 11.6 Å². The topological polar surface area (TPSA) is 38.0 Å². The number of quaternary nitrogens is 2. The normalized spacial score (nSPS) is 21.7. The van der Waals surface area contributed by atoms with Crippen molar-refractivity contribution in [1.29, 1.82) is 0 Å². The number of piperazine rings is 1. The summed E-state index contributed by atoms with van der Waals surface area (Å²) in [6.45, 7) is 8.12. The molecule has 0 bridgehead atoms. The molecule has 0 radical (unpaired) electrons. The molecule has 1 aliphatic rings. The molecule has 0 unspecified atom stereocenters. The maximum absolute atomic E-state index is 13.8. The van der Waals surface area contributed by atoms with Crippen molar-refractivity contribution in [3.8, 4) is 0 Å². The van der Waals surface area contributed by atoms with E-state index in [9.17, 15) is 13.6 Å². The molecule has 1 heterocycles. The highest BCUT2D eigenvalue weighted by Gasteiger charge is 2.31. The second kappa shape index (κ2) is 9.26. The lowest BCUT2D eigenvalue weighted by molar-refractivity contribution is -1.02. The number of rotatable bonds is 6. The highest BCUT2D eigenvalue weighted by molar-refractivity contribution is 5.80. The van der Waals surface area contributed by atoms with E-state index in [1.165, 1.54) is 28.0 Å². The Bertz CT molecular complexity index is 789. The Hall–Kier alpha value is -2.31. The zero-order valence-corrected chi connectivity index (χ0v) is 16.5. The van der Waals surface area contributed by atoms with Crippen molar-refractivity contribution >= 4 is 5.91 Å². The number of carbonyl (C=O) groups excluding carboxylic acids is 1. The van der Waals surface area contributed by atoms with Gasteiger partial charge in [-0.05, 0) is 37.6 Å². The molecule has 3 rings (SSSR count). The van der Waals surface area contributed by atoms with E-state index < -0.39 is 0 Å². The predicted molar refractivity (Wildman–Crippen MR) is 104 cm³/mol. The first kappa shape index (κ1) is 20.4. The van der Waals surface area contributed by atoms with Crippen molar-refractivity contribution in [2.75, 3.05) is 26.2 Å². The molecule has 4 nitrogen and oxygen atoms in total. The number of hydrogen-bond donors (Lipinski definition) is 3. The van der Waals surface area contributed by atoms with Crippen molar-refractivity contribution in [3.05, 3.63) is 71.3 Å². The molecule has 0 spiro atoms. The minimum absolute atomic E-state index is 0.00405. The largest absolute Gasteiger partial charge is 0.344 e. The van der Waals surface area contributed by atoms with Crippen molar-refractivity contribution < 1.29 is 23.4 Å². The van der Waals surface area contributed by atoms with Crippen LogP contribution in [0.15, 0.2) is 48.5 Å². The minimum atomic E-state index is -0.282. The Morgan fingerprint density at radius 1 is 1.00 bits per heavy atom. The SMILES string of the molecule is C[C@H](NC(=O)[C@@H](C)[NH+]1CC[NH+](Cc2ccccc2F)CC1)c1ccc(F)cc1. The average molecular weight is 389 g/mol. The number of amides is 1. The number of carbonyl (C=O) groups is 1. The van der Waals surface area contributed by atoms with Gasteiger partial charge in [0.2, 0.25) is 0 Å². The van der Waals surface area contributed by atoms with Gasteiger partial charge in [-0.25, -0.2) is 8.78 Å². The number of nitrogens with one attached hydrogen (secondary N) is 3. The fourth-order valence-corrected chi connectivity index (χ4v) is 3.80. The van der Waals surface area contributed by atoms with Crippen LogP contribution in [0.3, 0.4) is 0 Å². The lowest BCUT2D eigenvalue weighted by Crippen LogP contribution is -3.29. The molecule has 0 aliphatic carbocycles. The van der Waals surface area contributed by atoms with Gasteiger partial charge >= 0.3 is 0 Å². The maximum atomic E-state index is 13.8. The molecule has 0 aromatic heterocycles. The summed E-state index contributed by atoms with van der Waals surface area (Å²) in [6.07, 6.45) is 0. The molecule has 28 heavy (non-hydrogen) atoms. The summed E-state index contributed by atoms with van der Waals surface area (Å²) in [5.74, 6) is -0.424. The van der Waals surface area contributed by atoms with Gasteiger partial charge in [0.15, 0.2) is 6.04 Å². The Kier molecular flexibility index (Phi) is 6.75. The third-order valence-corrected chi connectivity index (χ3v) is 5.73. The second-order valence-electron chi connectivity index (χ2n) is 7.68. The molecule has 2 aromatic rings.